The van der Waals surface area contributed by atoms with E-state index >= 15 is 0 Å². The van der Waals surface area contributed by atoms with E-state index in [1.165, 1.54) is 28.6 Å². The van der Waals surface area contributed by atoms with Crippen molar-refractivity contribution in [3.63, 3.8) is 0 Å². The van der Waals surface area contributed by atoms with Crippen molar-refractivity contribution in [1.82, 2.24) is 9.73 Å². The van der Waals surface area contributed by atoms with E-state index in [0.717, 1.165) is 25.7 Å². The van der Waals surface area contributed by atoms with Gasteiger partial charge in [-0.1, -0.05) is 12.8 Å². The summed E-state index contributed by atoms with van der Waals surface area (Å²) in [5.74, 6) is -7.55. The van der Waals surface area contributed by atoms with Crippen molar-refractivity contribution in [2.24, 2.45) is 0 Å². The van der Waals surface area contributed by atoms with Crippen molar-refractivity contribution in [3.8, 4) is 0 Å². The molecule has 0 radical (unpaired) electrons. The highest BCUT2D eigenvalue weighted by atomic mass is 32.2. The van der Waals surface area contributed by atoms with Crippen LogP contribution < -0.4 is 10.9 Å². The van der Waals surface area contributed by atoms with Gasteiger partial charge in [0.2, 0.25) is 10.0 Å². The highest BCUT2D eigenvalue weighted by Gasteiger charge is 2.25. The van der Waals surface area contributed by atoms with E-state index in [9.17, 15) is 30.8 Å². The molecule has 2 aromatic carbocycles. The first kappa shape index (κ1) is 22.0. The number of hydrogen-bond acceptors (Lipinski definition) is 4. The molecule has 3 rings (SSSR count). The van der Waals surface area contributed by atoms with Gasteiger partial charge in [-0.2, -0.15) is 4.31 Å². The van der Waals surface area contributed by atoms with Gasteiger partial charge in [0, 0.05) is 24.7 Å². The molecule has 1 saturated heterocycles. The minimum absolute atomic E-state index is 0.0122. The summed E-state index contributed by atoms with van der Waals surface area (Å²) in [5, 5.41) is 0. The summed E-state index contributed by atoms with van der Waals surface area (Å²) in [6.45, 7) is 0.853. The van der Waals surface area contributed by atoms with Crippen LogP contribution in [-0.2, 0) is 10.0 Å². The number of hydrazine groups is 1. The largest absolute Gasteiger partial charge is 0.293 e. The van der Waals surface area contributed by atoms with Crippen molar-refractivity contribution in [3.05, 3.63) is 59.2 Å². The SMILES string of the molecule is O=C(NNc1c(F)c(F)cc(F)c1F)c1ccc(S(=O)(=O)N2CCCCCC2)cc1. The van der Waals surface area contributed by atoms with Crippen LogP contribution in [0.15, 0.2) is 35.2 Å². The molecule has 6 nitrogen and oxygen atoms in total. The Morgan fingerprint density at radius 3 is 1.93 bits per heavy atom. The summed E-state index contributed by atoms with van der Waals surface area (Å²) in [6.07, 6.45) is 3.49. The van der Waals surface area contributed by atoms with Crippen LogP contribution >= 0.6 is 0 Å². The number of sulfonamides is 1. The monoisotopic (exact) mass is 445 g/mol. The number of rotatable bonds is 5. The van der Waals surface area contributed by atoms with Crippen LogP contribution in [0.3, 0.4) is 0 Å². The third kappa shape index (κ3) is 4.57. The van der Waals surface area contributed by atoms with Crippen LogP contribution in [0.4, 0.5) is 23.2 Å². The zero-order valence-electron chi connectivity index (χ0n) is 15.7. The molecule has 2 aromatic rings. The van der Waals surface area contributed by atoms with Crippen LogP contribution in [0.25, 0.3) is 0 Å². The second-order valence-corrected chi connectivity index (χ2v) is 8.70. The Balaban J connectivity index is 1.71. The Hall–Kier alpha value is -2.66. The van der Waals surface area contributed by atoms with E-state index in [0.29, 0.717) is 13.1 Å². The van der Waals surface area contributed by atoms with Gasteiger partial charge in [0.25, 0.3) is 5.91 Å². The maximum absolute atomic E-state index is 13.6. The number of carbonyl (C=O) groups excluding carboxylic acids is 1. The molecule has 0 aliphatic carbocycles. The molecule has 0 bridgehead atoms. The van der Waals surface area contributed by atoms with Crippen molar-refractivity contribution >= 4 is 21.6 Å². The highest BCUT2D eigenvalue weighted by Crippen LogP contribution is 2.24. The molecule has 0 saturated carbocycles. The smallest absolute Gasteiger partial charge is 0.269 e. The molecule has 1 aliphatic rings. The lowest BCUT2D eigenvalue weighted by molar-refractivity contribution is 0.0962. The normalized spacial score (nSPS) is 15.5. The van der Waals surface area contributed by atoms with E-state index < -0.39 is 44.9 Å². The molecular formula is C19H19F4N3O3S. The van der Waals surface area contributed by atoms with Gasteiger partial charge in [0.15, 0.2) is 23.3 Å². The predicted molar refractivity (Wildman–Crippen MR) is 101 cm³/mol. The number of anilines is 1. The number of nitrogens with one attached hydrogen (secondary N) is 2. The highest BCUT2D eigenvalue weighted by molar-refractivity contribution is 7.89. The molecule has 1 fully saturated rings. The molecule has 0 unspecified atom stereocenters. The number of carbonyl (C=O) groups is 1. The summed E-state index contributed by atoms with van der Waals surface area (Å²) >= 11 is 0. The van der Waals surface area contributed by atoms with Crippen LogP contribution in [0.2, 0.25) is 0 Å². The summed E-state index contributed by atoms with van der Waals surface area (Å²) < 4.78 is 80.5. The van der Waals surface area contributed by atoms with Crippen LogP contribution in [0.1, 0.15) is 36.0 Å². The maximum Gasteiger partial charge on any atom is 0.269 e. The topological polar surface area (TPSA) is 78.5 Å². The zero-order chi connectivity index (χ0) is 21.9. The molecule has 0 aromatic heterocycles. The van der Waals surface area contributed by atoms with Crippen molar-refractivity contribution in [1.29, 1.82) is 0 Å². The van der Waals surface area contributed by atoms with Gasteiger partial charge < -0.3 is 0 Å². The van der Waals surface area contributed by atoms with Gasteiger partial charge in [0.1, 0.15) is 5.69 Å². The van der Waals surface area contributed by atoms with Crippen LogP contribution in [0, 0.1) is 23.3 Å². The van der Waals surface area contributed by atoms with Gasteiger partial charge in [0.05, 0.1) is 4.90 Å². The fourth-order valence-corrected chi connectivity index (χ4v) is 4.60. The van der Waals surface area contributed by atoms with Gasteiger partial charge in [-0.3, -0.25) is 15.6 Å². The summed E-state index contributed by atoms with van der Waals surface area (Å²) in [6, 6.07) is 4.98. The first-order valence-electron chi connectivity index (χ1n) is 9.21. The van der Waals surface area contributed by atoms with Crippen molar-refractivity contribution in [2.75, 3.05) is 18.5 Å². The maximum atomic E-state index is 13.6. The molecule has 162 valence electrons. The Morgan fingerprint density at radius 2 is 1.40 bits per heavy atom. The van der Waals surface area contributed by atoms with Gasteiger partial charge >= 0.3 is 0 Å². The molecular weight excluding hydrogens is 426 g/mol. The molecule has 0 spiro atoms. The zero-order valence-corrected chi connectivity index (χ0v) is 16.5. The van der Waals surface area contributed by atoms with Gasteiger partial charge in [-0.05, 0) is 37.1 Å². The number of amides is 1. The second kappa shape index (κ2) is 9.00. The van der Waals surface area contributed by atoms with E-state index in [2.05, 4.69) is 0 Å². The molecule has 1 amide bonds. The standard InChI is InChI=1S/C19H19F4N3O3S/c20-14-11-15(21)17(23)18(16(14)22)24-25-19(27)12-5-7-13(8-6-12)30(28,29)26-9-3-1-2-4-10-26/h5-8,11,24H,1-4,9-10H2,(H,25,27). The minimum atomic E-state index is -3.70. The fourth-order valence-electron chi connectivity index (χ4n) is 3.08. The Kier molecular flexibility index (Phi) is 6.61. The lowest BCUT2D eigenvalue weighted by Crippen LogP contribution is -2.32. The quantitative estimate of drug-likeness (QED) is 0.419. The molecule has 30 heavy (non-hydrogen) atoms. The molecule has 2 N–H and O–H groups in total. The van der Waals surface area contributed by atoms with E-state index in [4.69, 9.17) is 0 Å². The molecule has 0 atom stereocenters. The van der Waals surface area contributed by atoms with Crippen molar-refractivity contribution < 1.29 is 30.8 Å². The minimum Gasteiger partial charge on any atom is -0.293 e. The predicted octanol–water partition coefficient (Wildman–Crippen LogP) is 3.56. The number of benzene rings is 2. The average molecular weight is 445 g/mol. The first-order valence-corrected chi connectivity index (χ1v) is 10.7. The van der Waals surface area contributed by atoms with E-state index in [1.807, 2.05) is 10.9 Å². The summed E-state index contributed by atoms with van der Waals surface area (Å²) in [5.41, 5.74) is 2.50. The lowest BCUT2D eigenvalue weighted by atomic mass is 10.2. The van der Waals surface area contributed by atoms with E-state index in [1.54, 1.807) is 0 Å². The number of nitrogens with zero attached hydrogens (tertiary/aromatic N) is 1. The van der Waals surface area contributed by atoms with Gasteiger partial charge in [-0.25, -0.2) is 26.0 Å². The lowest BCUT2D eigenvalue weighted by Gasteiger charge is -2.20. The molecule has 1 heterocycles. The summed E-state index contributed by atoms with van der Waals surface area (Å²) in [4.78, 5) is 12.2. The van der Waals surface area contributed by atoms with Gasteiger partial charge in [-0.15, -0.1) is 0 Å². The van der Waals surface area contributed by atoms with Crippen LogP contribution in [0.5, 0.6) is 0 Å². The molecule has 1 aliphatic heterocycles. The molecule has 11 heteroatoms. The number of halogens is 4. The third-order valence-electron chi connectivity index (χ3n) is 4.73. The van der Waals surface area contributed by atoms with Crippen LogP contribution in [-0.4, -0.2) is 31.7 Å². The first-order chi connectivity index (χ1) is 14.2. The average Bonchev–Trinajstić information content (AvgIpc) is 3.02. The Labute approximate surface area is 170 Å². The fraction of sp³-hybridized carbons (Fsp3) is 0.316. The summed E-state index contributed by atoms with van der Waals surface area (Å²) in [7, 11) is -3.70. The Morgan fingerprint density at radius 1 is 0.867 bits per heavy atom. The van der Waals surface area contributed by atoms with Crippen molar-refractivity contribution in [2.45, 2.75) is 30.6 Å². The van der Waals surface area contributed by atoms with E-state index in [-0.39, 0.29) is 16.5 Å². The Bertz CT molecular complexity index is 1010. The second-order valence-electron chi connectivity index (χ2n) is 6.76. The third-order valence-corrected chi connectivity index (χ3v) is 6.65. The number of hydrogen-bond donors (Lipinski definition) is 2.